The third kappa shape index (κ3) is 5.70. The van der Waals surface area contributed by atoms with Gasteiger partial charge in [0, 0.05) is 36.3 Å². The van der Waals surface area contributed by atoms with Crippen LogP contribution >= 0.6 is 11.3 Å². The molecule has 2 heterocycles. The maximum Gasteiger partial charge on any atom is 0.321 e. The zero-order chi connectivity index (χ0) is 22.5. The lowest BCUT2D eigenvalue weighted by Gasteiger charge is -2.31. The highest BCUT2D eigenvalue weighted by Crippen LogP contribution is 2.24. The smallest absolute Gasteiger partial charge is 0.321 e. The van der Waals surface area contributed by atoms with Crippen LogP contribution in [0.15, 0.2) is 54.7 Å². The van der Waals surface area contributed by atoms with Crippen LogP contribution in [0.4, 0.5) is 20.0 Å². The molecule has 0 spiro atoms. The first-order chi connectivity index (χ1) is 15.5. The Bertz CT molecular complexity index is 1100. The minimum absolute atomic E-state index is 0.124. The van der Waals surface area contributed by atoms with Crippen molar-refractivity contribution in [3.63, 3.8) is 0 Å². The average Bonchev–Trinajstić information content (AvgIpc) is 3.22. The number of carbonyl (C=O) groups is 2. The molecule has 2 aromatic carbocycles. The number of urea groups is 1. The lowest BCUT2D eigenvalue weighted by atomic mass is 9.97. The molecule has 1 unspecified atom stereocenters. The van der Waals surface area contributed by atoms with Crippen LogP contribution in [-0.4, -0.2) is 34.9 Å². The molecule has 3 aromatic rings. The van der Waals surface area contributed by atoms with Crippen molar-refractivity contribution >= 4 is 34.1 Å². The first kappa shape index (κ1) is 22.0. The van der Waals surface area contributed by atoms with Gasteiger partial charge < -0.3 is 15.5 Å². The lowest BCUT2D eigenvalue weighted by Crippen LogP contribution is -2.45. The summed E-state index contributed by atoms with van der Waals surface area (Å²) in [7, 11) is 0. The summed E-state index contributed by atoms with van der Waals surface area (Å²) in [5.41, 5.74) is 2.80. The van der Waals surface area contributed by atoms with E-state index in [2.05, 4.69) is 15.6 Å². The summed E-state index contributed by atoms with van der Waals surface area (Å²) >= 11 is 1.40. The van der Waals surface area contributed by atoms with E-state index in [9.17, 15) is 14.0 Å². The van der Waals surface area contributed by atoms with Gasteiger partial charge in [-0.1, -0.05) is 24.3 Å². The molecule has 1 aliphatic rings. The van der Waals surface area contributed by atoms with Gasteiger partial charge in [-0.05, 0) is 55.2 Å². The Morgan fingerprint density at radius 1 is 1.19 bits per heavy atom. The maximum atomic E-state index is 13.1. The number of rotatable bonds is 5. The molecule has 0 radical (unpaired) electrons. The molecule has 1 saturated heterocycles. The highest BCUT2D eigenvalue weighted by molar-refractivity contribution is 7.15. The van der Waals surface area contributed by atoms with E-state index >= 15 is 0 Å². The molecule has 1 atom stereocenters. The van der Waals surface area contributed by atoms with Crippen molar-refractivity contribution in [1.82, 2.24) is 9.88 Å². The van der Waals surface area contributed by atoms with Crippen LogP contribution in [0.25, 0.3) is 0 Å². The van der Waals surface area contributed by atoms with Crippen molar-refractivity contribution in [3.05, 3.63) is 76.5 Å². The number of hydrogen-bond donors (Lipinski definition) is 2. The maximum absolute atomic E-state index is 13.1. The number of benzene rings is 2. The third-order valence-corrected chi connectivity index (χ3v) is 6.34. The summed E-state index contributed by atoms with van der Waals surface area (Å²) in [6, 6.07) is 13.8. The van der Waals surface area contributed by atoms with E-state index in [1.165, 1.54) is 23.5 Å². The van der Waals surface area contributed by atoms with Crippen molar-refractivity contribution in [1.29, 1.82) is 0 Å². The fraction of sp³-hybridized carbons (Fsp3) is 0.292. The molecule has 1 aliphatic heterocycles. The first-order valence-electron chi connectivity index (χ1n) is 10.6. The van der Waals surface area contributed by atoms with E-state index in [0.29, 0.717) is 24.6 Å². The highest BCUT2D eigenvalue weighted by Gasteiger charge is 2.29. The van der Waals surface area contributed by atoms with Crippen LogP contribution in [0.1, 0.15) is 28.8 Å². The number of anilines is 2. The normalized spacial score (nSPS) is 15.9. The van der Waals surface area contributed by atoms with Crippen LogP contribution in [0, 0.1) is 18.7 Å². The molecule has 6 nitrogen and oxygen atoms in total. The molecule has 0 saturated carbocycles. The van der Waals surface area contributed by atoms with E-state index in [1.54, 1.807) is 23.2 Å². The number of thiazole rings is 1. The number of hydrogen-bond acceptors (Lipinski definition) is 4. The number of likely N-dealkylation sites (tertiary alicyclic amines) is 1. The molecule has 2 N–H and O–H groups in total. The Hall–Kier alpha value is -3.26. The number of nitrogens with zero attached hydrogens (tertiary/aromatic N) is 2. The van der Waals surface area contributed by atoms with Gasteiger partial charge in [0.15, 0.2) is 5.13 Å². The SMILES string of the molecule is Cc1cccc(NC(=O)N2CCCC(C(=O)Nc3ncc(Cc4ccc(F)cc4)s3)C2)c1. The summed E-state index contributed by atoms with van der Waals surface area (Å²) < 4.78 is 13.1. The van der Waals surface area contributed by atoms with E-state index < -0.39 is 0 Å². The Balaban J connectivity index is 1.32. The number of piperidine rings is 1. The monoisotopic (exact) mass is 452 g/mol. The topological polar surface area (TPSA) is 74.3 Å². The zero-order valence-electron chi connectivity index (χ0n) is 17.8. The molecular weight excluding hydrogens is 427 g/mol. The van der Waals surface area contributed by atoms with Crippen molar-refractivity contribution in [3.8, 4) is 0 Å². The van der Waals surface area contributed by atoms with E-state index in [4.69, 9.17) is 0 Å². The van der Waals surface area contributed by atoms with Crippen molar-refractivity contribution < 1.29 is 14.0 Å². The van der Waals surface area contributed by atoms with Gasteiger partial charge in [-0.3, -0.25) is 4.79 Å². The molecule has 8 heteroatoms. The van der Waals surface area contributed by atoms with Gasteiger partial charge >= 0.3 is 6.03 Å². The predicted octanol–water partition coefficient (Wildman–Crippen LogP) is 5.06. The average molecular weight is 453 g/mol. The molecule has 32 heavy (non-hydrogen) atoms. The summed E-state index contributed by atoms with van der Waals surface area (Å²) in [4.78, 5) is 32.4. The van der Waals surface area contributed by atoms with E-state index in [-0.39, 0.29) is 23.7 Å². The van der Waals surface area contributed by atoms with E-state index in [0.717, 1.165) is 34.5 Å². The van der Waals surface area contributed by atoms with Gasteiger partial charge in [-0.25, -0.2) is 14.2 Å². The molecular formula is C24H25FN4O2S. The minimum Gasteiger partial charge on any atom is -0.324 e. The summed E-state index contributed by atoms with van der Waals surface area (Å²) in [5.74, 6) is -0.669. The predicted molar refractivity (Wildman–Crippen MR) is 124 cm³/mol. The Morgan fingerprint density at radius 2 is 2.00 bits per heavy atom. The molecule has 0 aliphatic carbocycles. The van der Waals surface area contributed by atoms with Crippen molar-refractivity contribution in [2.24, 2.45) is 5.92 Å². The number of aromatic nitrogens is 1. The summed E-state index contributed by atoms with van der Waals surface area (Å²) in [5, 5.41) is 6.34. The van der Waals surface area contributed by atoms with Crippen LogP contribution < -0.4 is 10.6 Å². The van der Waals surface area contributed by atoms with Gasteiger partial charge in [0.05, 0.1) is 5.92 Å². The van der Waals surface area contributed by atoms with Crippen LogP contribution in [0.3, 0.4) is 0 Å². The Labute approximate surface area is 190 Å². The minimum atomic E-state index is -0.281. The standard InChI is InChI=1S/C24H25FN4O2S/c1-16-4-2-6-20(12-16)27-24(31)29-11-3-5-18(15-29)22(30)28-23-26-14-21(32-23)13-17-7-9-19(25)10-8-17/h2,4,6-10,12,14,18H,3,5,11,13,15H2,1H3,(H,27,31)(H,26,28,30). The van der Waals surface area contributed by atoms with Gasteiger partial charge in [0.2, 0.25) is 5.91 Å². The second-order valence-electron chi connectivity index (χ2n) is 8.01. The number of aryl methyl sites for hydroxylation is 1. The third-order valence-electron chi connectivity index (χ3n) is 5.42. The largest absolute Gasteiger partial charge is 0.324 e. The number of amides is 3. The van der Waals surface area contributed by atoms with Gasteiger partial charge in [0.25, 0.3) is 0 Å². The van der Waals surface area contributed by atoms with E-state index in [1.807, 2.05) is 31.2 Å². The summed E-state index contributed by atoms with van der Waals surface area (Å²) in [6.07, 6.45) is 3.86. The molecule has 3 amide bonds. The number of halogens is 1. The van der Waals surface area contributed by atoms with Crippen molar-refractivity contribution in [2.75, 3.05) is 23.7 Å². The van der Waals surface area contributed by atoms with Gasteiger partial charge in [0.1, 0.15) is 5.82 Å². The van der Waals surface area contributed by atoms with Gasteiger partial charge in [-0.2, -0.15) is 0 Å². The Morgan fingerprint density at radius 3 is 2.78 bits per heavy atom. The quantitative estimate of drug-likeness (QED) is 0.568. The molecule has 1 fully saturated rings. The second-order valence-corrected chi connectivity index (χ2v) is 9.12. The Kier molecular flexibility index (Phi) is 6.80. The van der Waals surface area contributed by atoms with Gasteiger partial charge in [-0.15, -0.1) is 11.3 Å². The second kappa shape index (κ2) is 9.91. The van der Waals surface area contributed by atoms with Crippen LogP contribution in [0.2, 0.25) is 0 Å². The number of carbonyl (C=O) groups excluding carboxylic acids is 2. The lowest BCUT2D eigenvalue weighted by molar-refractivity contribution is -0.121. The fourth-order valence-corrected chi connectivity index (χ4v) is 4.61. The molecule has 0 bridgehead atoms. The number of nitrogens with one attached hydrogen (secondary N) is 2. The van der Waals surface area contributed by atoms with Crippen LogP contribution in [-0.2, 0) is 11.2 Å². The van der Waals surface area contributed by atoms with Crippen molar-refractivity contribution in [2.45, 2.75) is 26.2 Å². The molecule has 1 aromatic heterocycles. The highest BCUT2D eigenvalue weighted by atomic mass is 32.1. The molecule has 4 rings (SSSR count). The fourth-order valence-electron chi connectivity index (χ4n) is 3.76. The first-order valence-corrected chi connectivity index (χ1v) is 11.4. The summed E-state index contributed by atoms with van der Waals surface area (Å²) in [6.45, 7) is 2.97. The van der Waals surface area contributed by atoms with Crippen LogP contribution in [0.5, 0.6) is 0 Å². The zero-order valence-corrected chi connectivity index (χ0v) is 18.6. The molecule has 166 valence electrons.